The Labute approximate surface area is 192 Å². The minimum Gasteiger partial charge on any atom is -0.433 e. The molecule has 2 aromatic carbocycles. The van der Waals surface area contributed by atoms with Gasteiger partial charge in [0.1, 0.15) is 0 Å². The van der Waals surface area contributed by atoms with E-state index in [4.69, 9.17) is 0 Å². The maximum atomic E-state index is 14.9. The van der Waals surface area contributed by atoms with Crippen LogP contribution in [-0.4, -0.2) is 31.4 Å². The van der Waals surface area contributed by atoms with Crippen molar-refractivity contribution >= 4 is 33.4 Å². The van der Waals surface area contributed by atoms with Crippen molar-refractivity contribution in [1.82, 2.24) is 0 Å². The molecular formula is C20H11BrF11NO. The van der Waals surface area contributed by atoms with Crippen LogP contribution in [0.1, 0.15) is 11.1 Å². The molecule has 2 nitrogen and oxygen atoms in total. The highest BCUT2D eigenvalue weighted by Crippen LogP contribution is 2.59. The van der Waals surface area contributed by atoms with Gasteiger partial charge in [-0.3, -0.25) is 0 Å². The molecule has 0 radical (unpaired) electrons. The van der Waals surface area contributed by atoms with Gasteiger partial charge in [-0.25, -0.2) is 4.39 Å². The first kappa shape index (κ1) is 26.1. The molecule has 1 heterocycles. The van der Waals surface area contributed by atoms with Gasteiger partial charge in [-0.05, 0) is 39.7 Å². The lowest BCUT2D eigenvalue weighted by Crippen LogP contribution is -2.59. The summed E-state index contributed by atoms with van der Waals surface area (Å²) in [6, 6.07) is 6.01. The van der Waals surface area contributed by atoms with E-state index in [-0.39, 0.29) is 18.7 Å². The van der Waals surface area contributed by atoms with Crippen LogP contribution < -0.4 is 9.64 Å². The molecule has 0 N–H and O–H groups in total. The average molecular weight is 570 g/mol. The van der Waals surface area contributed by atoms with Crippen molar-refractivity contribution < 1.29 is 53.0 Å². The predicted octanol–water partition coefficient (Wildman–Crippen LogP) is 8.14. The zero-order valence-corrected chi connectivity index (χ0v) is 17.9. The number of alkyl halides is 11. The van der Waals surface area contributed by atoms with E-state index < -0.39 is 52.0 Å². The number of ether oxygens (including phenoxy) is 1. The van der Waals surface area contributed by atoms with Crippen molar-refractivity contribution in [3.8, 4) is 5.75 Å². The highest BCUT2D eigenvalue weighted by atomic mass is 79.9. The standard InChI is InChI=1S/C20H11BrF11NO/c21-12-8-11(17(24,19(27,28)29)18(25,26)20(30,31)32)9-14(34-16(22)23)15(12)33-7-3-5-10-4-1-2-6-13(10)33/h1-6,8-9,16H,7H2. The van der Waals surface area contributed by atoms with E-state index in [2.05, 4.69) is 20.7 Å². The second-order valence-electron chi connectivity index (χ2n) is 6.98. The van der Waals surface area contributed by atoms with E-state index in [0.717, 1.165) is 0 Å². The maximum absolute atomic E-state index is 14.9. The van der Waals surface area contributed by atoms with Gasteiger partial charge in [0, 0.05) is 22.3 Å². The van der Waals surface area contributed by atoms with E-state index in [1.54, 1.807) is 18.2 Å². The Morgan fingerprint density at radius 2 is 1.50 bits per heavy atom. The van der Waals surface area contributed by atoms with Crippen LogP contribution in [0, 0.1) is 0 Å². The first-order valence-electron chi connectivity index (χ1n) is 9.04. The fourth-order valence-corrected chi connectivity index (χ4v) is 4.06. The molecule has 3 rings (SSSR count). The quantitative estimate of drug-likeness (QED) is 0.337. The number of hydrogen-bond acceptors (Lipinski definition) is 2. The number of para-hydroxylation sites is 1. The number of anilines is 2. The summed E-state index contributed by atoms with van der Waals surface area (Å²) in [5.74, 6) is -8.23. The number of nitrogens with zero attached hydrogens (tertiary/aromatic N) is 1. The Balaban J connectivity index is 2.30. The van der Waals surface area contributed by atoms with Gasteiger partial charge in [-0.2, -0.15) is 43.9 Å². The summed E-state index contributed by atoms with van der Waals surface area (Å²) in [6.45, 7) is -3.81. The molecule has 0 spiro atoms. The molecule has 1 aliphatic rings. The van der Waals surface area contributed by atoms with Gasteiger partial charge in [0.05, 0.1) is 5.69 Å². The largest absolute Gasteiger partial charge is 0.457 e. The fourth-order valence-electron chi connectivity index (χ4n) is 3.41. The summed E-state index contributed by atoms with van der Waals surface area (Å²) in [4.78, 5) is 1.22. The van der Waals surface area contributed by atoms with Gasteiger partial charge >= 0.3 is 30.6 Å². The van der Waals surface area contributed by atoms with Crippen LogP contribution >= 0.6 is 15.9 Å². The lowest BCUT2D eigenvalue weighted by atomic mass is 9.87. The fraction of sp³-hybridized carbons (Fsp3) is 0.300. The van der Waals surface area contributed by atoms with Crippen molar-refractivity contribution in [3.63, 3.8) is 0 Å². The van der Waals surface area contributed by atoms with Crippen LogP contribution in [0.4, 0.5) is 59.7 Å². The van der Waals surface area contributed by atoms with Crippen molar-refractivity contribution in [2.24, 2.45) is 0 Å². The summed E-state index contributed by atoms with van der Waals surface area (Å²) >= 11 is 2.70. The Hall–Kier alpha value is -2.51. The van der Waals surface area contributed by atoms with Crippen molar-refractivity contribution in [2.45, 2.75) is 30.6 Å². The third-order valence-electron chi connectivity index (χ3n) is 4.90. The number of rotatable bonds is 5. The summed E-state index contributed by atoms with van der Waals surface area (Å²) in [6.07, 6.45) is -10.6. The monoisotopic (exact) mass is 569 g/mol. The highest BCUT2D eigenvalue weighted by molar-refractivity contribution is 9.10. The zero-order valence-electron chi connectivity index (χ0n) is 16.3. The van der Waals surface area contributed by atoms with Gasteiger partial charge in [0.25, 0.3) is 0 Å². The minimum atomic E-state index is -6.97. The SMILES string of the molecule is FC(F)Oc1cc(C(F)(C(F)(F)F)C(F)(F)C(F)(F)F)cc(Br)c1N1CC=Cc2ccccc21. The second kappa shape index (κ2) is 8.61. The third-order valence-corrected chi connectivity index (χ3v) is 5.51. The van der Waals surface area contributed by atoms with Gasteiger partial charge in [0.2, 0.25) is 0 Å². The second-order valence-corrected chi connectivity index (χ2v) is 7.84. The van der Waals surface area contributed by atoms with Gasteiger partial charge < -0.3 is 9.64 Å². The number of halogens is 12. The van der Waals surface area contributed by atoms with Gasteiger partial charge in [0.15, 0.2) is 5.75 Å². The summed E-state index contributed by atoms with van der Waals surface area (Å²) < 4.78 is 151. The summed E-state index contributed by atoms with van der Waals surface area (Å²) in [7, 11) is 0. The molecule has 34 heavy (non-hydrogen) atoms. The third kappa shape index (κ3) is 4.20. The zero-order chi connectivity index (χ0) is 25.7. The molecule has 14 heteroatoms. The van der Waals surface area contributed by atoms with Gasteiger partial charge in [-0.1, -0.05) is 30.4 Å². The van der Waals surface area contributed by atoms with Crippen molar-refractivity contribution in [3.05, 3.63) is 58.1 Å². The van der Waals surface area contributed by atoms with Crippen LogP contribution in [-0.2, 0) is 5.67 Å². The molecule has 0 saturated carbocycles. The molecule has 0 fully saturated rings. The Bertz CT molecular complexity index is 1100. The lowest BCUT2D eigenvalue weighted by molar-refractivity contribution is -0.389. The minimum absolute atomic E-state index is 0.0295. The Morgan fingerprint density at radius 3 is 2.06 bits per heavy atom. The molecule has 0 amide bonds. The van der Waals surface area contributed by atoms with E-state index in [9.17, 15) is 48.3 Å². The van der Waals surface area contributed by atoms with E-state index >= 15 is 0 Å². The van der Waals surface area contributed by atoms with E-state index in [0.29, 0.717) is 11.3 Å². The molecule has 186 valence electrons. The van der Waals surface area contributed by atoms with Crippen LogP contribution in [0.5, 0.6) is 5.75 Å². The van der Waals surface area contributed by atoms with Crippen molar-refractivity contribution in [1.29, 1.82) is 0 Å². The molecule has 1 atom stereocenters. The van der Waals surface area contributed by atoms with Crippen LogP contribution in [0.3, 0.4) is 0 Å². The van der Waals surface area contributed by atoms with Crippen molar-refractivity contribution in [2.75, 3.05) is 11.4 Å². The molecule has 1 aliphatic heterocycles. The number of benzene rings is 2. The molecule has 2 aromatic rings. The first-order chi connectivity index (χ1) is 15.5. The smallest absolute Gasteiger partial charge is 0.433 e. The Morgan fingerprint density at radius 1 is 0.882 bits per heavy atom. The maximum Gasteiger partial charge on any atom is 0.457 e. The topological polar surface area (TPSA) is 12.5 Å². The molecular weight excluding hydrogens is 559 g/mol. The van der Waals surface area contributed by atoms with Crippen LogP contribution in [0.2, 0.25) is 0 Å². The van der Waals surface area contributed by atoms with Crippen LogP contribution in [0.25, 0.3) is 6.08 Å². The molecule has 1 unspecified atom stereocenters. The van der Waals surface area contributed by atoms with E-state index in [1.807, 2.05) is 0 Å². The normalized spacial score (nSPS) is 16.4. The first-order valence-corrected chi connectivity index (χ1v) is 9.83. The van der Waals surface area contributed by atoms with Crippen LogP contribution in [0.15, 0.2) is 46.9 Å². The Kier molecular flexibility index (Phi) is 6.61. The average Bonchev–Trinajstić information content (AvgIpc) is 2.70. The van der Waals surface area contributed by atoms with Gasteiger partial charge in [-0.15, -0.1) is 0 Å². The molecule has 0 saturated heterocycles. The molecule has 0 aromatic heterocycles. The molecule has 0 aliphatic carbocycles. The summed E-state index contributed by atoms with van der Waals surface area (Å²) in [5.41, 5.74) is -8.21. The predicted molar refractivity (Wildman–Crippen MR) is 103 cm³/mol. The number of hydrogen-bond donors (Lipinski definition) is 0. The molecule has 0 bridgehead atoms. The summed E-state index contributed by atoms with van der Waals surface area (Å²) in [5, 5.41) is 0. The lowest BCUT2D eigenvalue weighted by Gasteiger charge is -2.37. The van der Waals surface area contributed by atoms with E-state index in [1.165, 1.54) is 23.1 Å². The number of fused-ring (bicyclic) bond motifs is 1. The highest BCUT2D eigenvalue weighted by Gasteiger charge is 2.81.